The highest BCUT2D eigenvalue weighted by molar-refractivity contribution is 6.32. The highest BCUT2D eigenvalue weighted by atomic mass is 35.5. The van der Waals surface area contributed by atoms with Crippen LogP contribution < -0.4 is 5.32 Å². The molecule has 0 spiro atoms. The Morgan fingerprint density at radius 1 is 1.59 bits per heavy atom. The predicted octanol–water partition coefficient (Wildman–Crippen LogP) is 2.03. The van der Waals surface area contributed by atoms with Crippen LogP contribution >= 0.6 is 23.2 Å². The highest BCUT2D eigenvalue weighted by Crippen LogP contribution is 2.23. The Morgan fingerprint density at radius 3 is 2.82 bits per heavy atom. The van der Waals surface area contributed by atoms with Crippen LogP contribution in [-0.4, -0.2) is 36.7 Å². The van der Waals surface area contributed by atoms with E-state index in [0.29, 0.717) is 12.2 Å². The molecule has 1 aromatic carbocycles. The number of amides is 1. The van der Waals surface area contributed by atoms with Crippen LogP contribution in [0.5, 0.6) is 5.75 Å². The van der Waals surface area contributed by atoms with Crippen molar-refractivity contribution in [3.63, 3.8) is 0 Å². The van der Waals surface area contributed by atoms with Gasteiger partial charge in [0.25, 0.3) is 5.91 Å². The molecule has 6 heteroatoms. The average molecular weight is 278 g/mol. The molecule has 2 N–H and O–H groups in total. The third-order valence-electron chi connectivity index (χ3n) is 2.10. The summed E-state index contributed by atoms with van der Waals surface area (Å²) in [5.41, 5.74) is 0.360. The first-order chi connectivity index (χ1) is 8.08. The lowest BCUT2D eigenvalue weighted by Crippen LogP contribution is -2.39. The van der Waals surface area contributed by atoms with Crippen LogP contribution in [0, 0.1) is 0 Å². The Labute approximate surface area is 109 Å². The number of nitrogens with one attached hydrogen (secondary N) is 1. The van der Waals surface area contributed by atoms with Crippen molar-refractivity contribution in [2.45, 2.75) is 6.04 Å². The number of carbonyl (C=O) groups excluding carboxylic acids is 1. The fourth-order valence-corrected chi connectivity index (χ4v) is 1.59. The zero-order chi connectivity index (χ0) is 12.8. The third kappa shape index (κ3) is 4.07. The number of phenolic OH excluding ortho intramolecular Hbond substituents is 1. The van der Waals surface area contributed by atoms with Gasteiger partial charge in [0.1, 0.15) is 5.75 Å². The Hall–Kier alpha value is -0.970. The Bertz CT molecular complexity index is 398. The molecule has 0 saturated carbocycles. The van der Waals surface area contributed by atoms with Crippen molar-refractivity contribution in [2.24, 2.45) is 0 Å². The molecule has 0 aliphatic heterocycles. The largest absolute Gasteiger partial charge is 0.506 e. The monoisotopic (exact) mass is 277 g/mol. The Morgan fingerprint density at radius 2 is 2.29 bits per heavy atom. The summed E-state index contributed by atoms with van der Waals surface area (Å²) in [7, 11) is 1.53. The molecule has 0 fully saturated rings. The summed E-state index contributed by atoms with van der Waals surface area (Å²) in [6.45, 7) is 0.334. The second-order valence-corrected chi connectivity index (χ2v) is 4.16. The molecule has 1 unspecified atom stereocenters. The van der Waals surface area contributed by atoms with Crippen LogP contribution in [0.25, 0.3) is 0 Å². The van der Waals surface area contributed by atoms with Gasteiger partial charge in [0.2, 0.25) is 0 Å². The number of halogens is 2. The van der Waals surface area contributed by atoms with Gasteiger partial charge in [-0.3, -0.25) is 4.79 Å². The Kier molecular flexibility index (Phi) is 5.55. The molecule has 0 heterocycles. The smallest absolute Gasteiger partial charge is 0.251 e. The fourth-order valence-electron chi connectivity index (χ4n) is 1.24. The molecule has 0 bridgehead atoms. The van der Waals surface area contributed by atoms with Gasteiger partial charge in [-0.15, -0.1) is 11.6 Å². The van der Waals surface area contributed by atoms with Crippen LogP contribution in [0.3, 0.4) is 0 Å². The molecule has 0 radical (unpaired) electrons. The van der Waals surface area contributed by atoms with E-state index in [1.807, 2.05) is 0 Å². The first-order valence-corrected chi connectivity index (χ1v) is 5.84. The first-order valence-electron chi connectivity index (χ1n) is 4.92. The summed E-state index contributed by atoms with van der Waals surface area (Å²) >= 11 is 11.4. The quantitative estimate of drug-likeness (QED) is 0.810. The van der Waals surface area contributed by atoms with Crippen molar-refractivity contribution >= 4 is 29.1 Å². The second-order valence-electron chi connectivity index (χ2n) is 3.45. The van der Waals surface area contributed by atoms with Gasteiger partial charge in [-0.1, -0.05) is 11.6 Å². The predicted molar refractivity (Wildman–Crippen MR) is 67.0 cm³/mol. The normalized spacial score (nSPS) is 12.2. The number of hydrogen-bond acceptors (Lipinski definition) is 3. The van der Waals surface area contributed by atoms with Gasteiger partial charge in [-0.2, -0.15) is 0 Å². The molecular weight excluding hydrogens is 265 g/mol. The minimum absolute atomic E-state index is 0.0611. The van der Waals surface area contributed by atoms with Gasteiger partial charge in [-0.25, -0.2) is 0 Å². The zero-order valence-electron chi connectivity index (χ0n) is 9.24. The van der Waals surface area contributed by atoms with Crippen molar-refractivity contribution in [1.29, 1.82) is 0 Å². The van der Waals surface area contributed by atoms with Crippen molar-refractivity contribution in [2.75, 3.05) is 19.6 Å². The summed E-state index contributed by atoms with van der Waals surface area (Å²) in [6.07, 6.45) is 0. The van der Waals surface area contributed by atoms with Crippen LogP contribution in [0.2, 0.25) is 5.02 Å². The summed E-state index contributed by atoms with van der Waals surface area (Å²) in [6, 6.07) is 3.98. The van der Waals surface area contributed by atoms with Crippen LogP contribution in [0.4, 0.5) is 0 Å². The topological polar surface area (TPSA) is 58.6 Å². The van der Waals surface area contributed by atoms with E-state index in [0.717, 1.165) is 0 Å². The molecule has 0 aliphatic rings. The molecule has 0 aromatic heterocycles. The number of alkyl halides is 1. The van der Waals surface area contributed by atoms with Crippen LogP contribution in [0.15, 0.2) is 18.2 Å². The summed E-state index contributed by atoms with van der Waals surface area (Å²) in [5, 5.41) is 12.1. The summed E-state index contributed by atoms with van der Waals surface area (Å²) in [5.74, 6) is -0.116. The van der Waals surface area contributed by atoms with E-state index in [1.54, 1.807) is 0 Å². The van der Waals surface area contributed by atoms with E-state index in [2.05, 4.69) is 5.32 Å². The van der Waals surface area contributed by atoms with Crippen molar-refractivity contribution in [1.82, 2.24) is 5.32 Å². The highest BCUT2D eigenvalue weighted by Gasteiger charge is 2.13. The van der Waals surface area contributed by atoms with Gasteiger partial charge < -0.3 is 15.2 Å². The lowest BCUT2D eigenvalue weighted by atomic mass is 10.2. The van der Waals surface area contributed by atoms with Gasteiger partial charge >= 0.3 is 0 Å². The molecule has 0 saturated heterocycles. The molecule has 1 rings (SSSR count). The van der Waals surface area contributed by atoms with Gasteiger partial charge in [0.05, 0.1) is 17.7 Å². The molecular formula is C11H13Cl2NO3. The molecule has 4 nitrogen and oxygen atoms in total. The fraction of sp³-hybridized carbons (Fsp3) is 0.364. The van der Waals surface area contributed by atoms with E-state index in [1.165, 1.54) is 25.3 Å². The number of phenols is 1. The zero-order valence-corrected chi connectivity index (χ0v) is 10.8. The number of methoxy groups -OCH3 is 1. The minimum Gasteiger partial charge on any atom is -0.506 e. The van der Waals surface area contributed by atoms with Crippen LogP contribution in [-0.2, 0) is 4.74 Å². The second kappa shape index (κ2) is 6.69. The number of aromatic hydroxyl groups is 1. The number of hydrogen-bond donors (Lipinski definition) is 2. The SMILES string of the molecule is COCC(CCl)NC(=O)c1ccc(O)c(Cl)c1. The standard InChI is InChI=1S/C11H13Cl2NO3/c1-17-6-8(5-12)14-11(16)7-2-3-10(15)9(13)4-7/h2-4,8,15H,5-6H2,1H3,(H,14,16). The summed E-state index contributed by atoms with van der Waals surface area (Å²) < 4.78 is 4.91. The number of ether oxygens (including phenoxy) is 1. The van der Waals surface area contributed by atoms with E-state index < -0.39 is 0 Å². The molecule has 1 amide bonds. The lowest BCUT2D eigenvalue weighted by Gasteiger charge is -2.15. The van der Waals surface area contributed by atoms with Gasteiger partial charge in [0.15, 0.2) is 0 Å². The van der Waals surface area contributed by atoms with Gasteiger partial charge in [-0.05, 0) is 18.2 Å². The maximum Gasteiger partial charge on any atom is 0.251 e. The van der Waals surface area contributed by atoms with Gasteiger partial charge in [0, 0.05) is 18.6 Å². The van der Waals surface area contributed by atoms with E-state index in [-0.39, 0.29) is 28.6 Å². The molecule has 0 aliphatic carbocycles. The van der Waals surface area contributed by atoms with E-state index >= 15 is 0 Å². The van der Waals surface area contributed by atoms with E-state index in [4.69, 9.17) is 27.9 Å². The minimum atomic E-state index is -0.311. The van der Waals surface area contributed by atoms with Crippen LogP contribution in [0.1, 0.15) is 10.4 Å². The molecule has 17 heavy (non-hydrogen) atoms. The van der Waals surface area contributed by atoms with Crippen molar-refractivity contribution in [3.05, 3.63) is 28.8 Å². The Balaban J connectivity index is 2.72. The van der Waals surface area contributed by atoms with E-state index in [9.17, 15) is 9.90 Å². The maximum absolute atomic E-state index is 11.8. The molecule has 1 aromatic rings. The number of rotatable bonds is 5. The lowest BCUT2D eigenvalue weighted by molar-refractivity contribution is 0.0907. The maximum atomic E-state index is 11.8. The first kappa shape index (κ1) is 14.1. The van der Waals surface area contributed by atoms with Crippen molar-refractivity contribution < 1.29 is 14.6 Å². The number of benzene rings is 1. The molecule has 94 valence electrons. The average Bonchev–Trinajstić information content (AvgIpc) is 2.31. The molecule has 1 atom stereocenters. The van der Waals surface area contributed by atoms with Crippen molar-refractivity contribution in [3.8, 4) is 5.75 Å². The number of carbonyl (C=O) groups is 1. The third-order valence-corrected chi connectivity index (χ3v) is 2.77. The summed E-state index contributed by atoms with van der Waals surface area (Å²) in [4.78, 5) is 11.8.